The smallest absolute Gasteiger partial charge is 0.253 e. The van der Waals surface area contributed by atoms with Gasteiger partial charge in [0, 0.05) is 37.4 Å². The number of carbonyl (C=O) groups is 2. The number of amides is 2. The summed E-state index contributed by atoms with van der Waals surface area (Å²) in [6, 6.07) is 1.33. The molecule has 0 spiro atoms. The minimum absolute atomic E-state index is 0.0330. The summed E-state index contributed by atoms with van der Waals surface area (Å²) in [6.07, 6.45) is 9.18. The van der Waals surface area contributed by atoms with Crippen molar-refractivity contribution in [3.8, 4) is 0 Å². The third kappa shape index (κ3) is 5.42. The lowest BCUT2D eigenvalue weighted by molar-refractivity contribution is -0.129. The summed E-state index contributed by atoms with van der Waals surface area (Å²) >= 11 is 0. The number of nitrogens with one attached hydrogen (secondary N) is 2. The third-order valence-corrected chi connectivity index (χ3v) is 7.54. The lowest BCUT2D eigenvalue weighted by atomic mass is 9.84. The summed E-state index contributed by atoms with van der Waals surface area (Å²) < 4.78 is 0. The first-order valence-corrected chi connectivity index (χ1v) is 12.2. The zero-order valence-electron chi connectivity index (χ0n) is 20.6. The SMILES string of the molecule is CCN(c1cncc(C(=O)NCC2C(=O)NC(C)CC2C)c1C)C1CCC(N(C)C)CC1. The standard InChI is InChI=1S/C25H41N5O2/c1-7-30(20-10-8-19(9-11-20)29(5)6)23-15-26-13-22(18(23)4)24(31)27-14-21-16(2)12-17(3)28-25(21)32/h13,15-17,19-21H,7-12,14H2,1-6H3,(H,27,31)(H,28,32). The van der Waals surface area contributed by atoms with Crippen molar-refractivity contribution in [2.24, 2.45) is 11.8 Å². The highest BCUT2D eigenvalue weighted by atomic mass is 16.2. The molecule has 2 heterocycles. The van der Waals surface area contributed by atoms with E-state index < -0.39 is 0 Å². The van der Waals surface area contributed by atoms with E-state index in [1.54, 1.807) is 6.20 Å². The molecule has 0 bridgehead atoms. The maximum Gasteiger partial charge on any atom is 0.253 e. The topological polar surface area (TPSA) is 77.6 Å². The van der Waals surface area contributed by atoms with Crippen molar-refractivity contribution >= 4 is 17.5 Å². The number of carbonyl (C=O) groups excluding carboxylic acids is 2. The first-order valence-electron chi connectivity index (χ1n) is 12.2. The number of nitrogens with zero attached hydrogens (tertiary/aromatic N) is 3. The molecule has 0 radical (unpaired) electrons. The molecular formula is C25H41N5O2. The molecule has 2 aliphatic rings. The summed E-state index contributed by atoms with van der Waals surface area (Å²) in [5.74, 6) is -0.0587. The van der Waals surface area contributed by atoms with Crippen LogP contribution in [0.2, 0.25) is 0 Å². The fraction of sp³-hybridized carbons (Fsp3) is 0.720. The van der Waals surface area contributed by atoms with Crippen molar-refractivity contribution in [3.63, 3.8) is 0 Å². The van der Waals surface area contributed by atoms with Crippen LogP contribution >= 0.6 is 0 Å². The van der Waals surface area contributed by atoms with Crippen LogP contribution in [0.5, 0.6) is 0 Å². The molecule has 7 nitrogen and oxygen atoms in total. The fourth-order valence-electron chi connectivity index (χ4n) is 5.52. The first-order chi connectivity index (χ1) is 15.2. The van der Waals surface area contributed by atoms with Gasteiger partial charge in [0.1, 0.15) is 0 Å². The Morgan fingerprint density at radius 1 is 1.16 bits per heavy atom. The highest BCUT2D eigenvalue weighted by Gasteiger charge is 2.33. The van der Waals surface area contributed by atoms with Gasteiger partial charge in [-0.15, -0.1) is 0 Å². The van der Waals surface area contributed by atoms with Crippen molar-refractivity contribution in [2.75, 3.05) is 32.1 Å². The molecule has 1 saturated carbocycles. The average Bonchev–Trinajstić information content (AvgIpc) is 2.75. The van der Waals surface area contributed by atoms with Gasteiger partial charge in [0.25, 0.3) is 5.91 Å². The van der Waals surface area contributed by atoms with E-state index in [2.05, 4.69) is 53.4 Å². The van der Waals surface area contributed by atoms with Gasteiger partial charge in [-0.1, -0.05) is 6.92 Å². The molecule has 3 atom stereocenters. The number of aromatic nitrogens is 1. The third-order valence-electron chi connectivity index (χ3n) is 7.54. The molecule has 2 amide bonds. The highest BCUT2D eigenvalue weighted by molar-refractivity contribution is 5.97. The number of anilines is 1. The summed E-state index contributed by atoms with van der Waals surface area (Å²) in [5, 5.41) is 6.00. The Balaban J connectivity index is 1.69. The van der Waals surface area contributed by atoms with Crippen LogP contribution in [0, 0.1) is 18.8 Å². The Morgan fingerprint density at radius 3 is 2.41 bits per heavy atom. The molecule has 3 rings (SSSR count). The summed E-state index contributed by atoms with van der Waals surface area (Å²) in [6.45, 7) is 9.54. The van der Waals surface area contributed by atoms with Crippen LogP contribution in [-0.2, 0) is 4.79 Å². The Morgan fingerprint density at radius 2 is 1.81 bits per heavy atom. The lowest BCUT2D eigenvalue weighted by Crippen LogP contribution is -2.50. The molecule has 7 heteroatoms. The summed E-state index contributed by atoms with van der Waals surface area (Å²) in [5.41, 5.74) is 2.61. The predicted molar refractivity (Wildman–Crippen MR) is 129 cm³/mol. The second kappa shape index (κ2) is 10.6. The van der Waals surface area contributed by atoms with Gasteiger partial charge < -0.3 is 20.4 Å². The van der Waals surface area contributed by atoms with Crippen molar-refractivity contribution in [1.29, 1.82) is 0 Å². The molecule has 1 saturated heterocycles. The van der Waals surface area contributed by atoms with Crippen LogP contribution < -0.4 is 15.5 Å². The molecule has 32 heavy (non-hydrogen) atoms. The van der Waals surface area contributed by atoms with Crippen LogP contribution in [0.15, 0.2) is 12.4 Å². The van der Waals surface area contributed by atoms with E-state index in [9.17, 15) is 9.59 Å². The monoisotopic (exact) mass is 443 g/mol. The molecule has 1 aromatic heterocycles. The zero-order chi connectivity index (χ0) is 23.4. The van der Waals surface area contributed by atoms with Gasteiger partial charge in [0.05, 0.1) is 23.4 Å². The number of piperidine rings is 1. The van der Waals surface area contributed by atoms with E-state index in [4.69, 9.17) is 0 Å². The fourth-order valence-corrected chi connectivity index (χ4v) is 5.52. The average molecular weight is 444 g/mol. The van der Waals surface area contributed by atoms with E-state index in [1.165, 1.54) is 12.8 Å². The van der Waals surface area contributed by atoms with E-state index in [-0.39, 0.29) is 29.7 Å². The lowest BCUT2D eigenvalue weighted by Gasteiger charge is -2.40. The second-order valence-electron chi connectivity index (χ2n) is 9.98. The molecule has 1 aliphatic carbocycles. The minimum atomic E-state index is -0.189. The Labute approximate surface area is 193 Å². The molecule has 1 aromatic rings. The van der Waals surface area contributed by atoms with Gasteiger partial charge >= 0.3 is 0 Å². The van der Waals surface area contributed by atoms with Gasteiger partial charge in [-0.25, -0.2) is 0 Å². The normalized spacial score (nSPS) is 28.3. The summed E-state index contributed by atoms with van der Waals surface area (Å²) in [4.78, 5) is 34.6. The van der Waals surface area contributed by atoms with Gasteiger partial charge in [-0.05, 0) is 78.5 Å². The quantitative estimate of drug-likeness (QED) is 0.677. The molecule has 0 aromatic carbocycles. The molecular weight excluding hydrogens is 402 g/mol. The van der Waals surface area contributed by atoms with Gasteiger partial charge in [0.2, 0.25) is 5.91 Å². The Bertz CT molecular complexity index is 804. The van der Waals surface area contributed by atoms with Crippen LogP contribution in [-0.4, -0.2) is 67.0 Å². The predicted octanol–water partition coefficient (Wildman–Crippen LogP) is 2.98. The maximum atomic E-state index is 13.0. The number of hydrogen-bond donors (Lipinski definition) is 2. The molecule has 1 aliphatic heterocycles. The molecule has 3 unspecified atom stereocenters. The van der Waals surface area contributed by atoms with Gasteiger partial charge in [-0.2, -0.15) is 0 Å². The summed E-state index contributed by atoms with van der Waals surface area (Å²) in [7, 11) is 4.33. The van der Waals surface area contributed by atoms with Crippen LogP contribution in [0.25, 0.3) is 0 Å². The number of pyridine rings is 1. The van der Waals surface area contributed by atoms with Crippen molar-refractivity contribution in [1.82, 2.24) is 20.5 Å². The Hall–Kier alpha value is -2.15. The minimum Gasteiger partial charge on any atom is -0.367 e. The maximum absolute atomic E-state index is 13.0. The van der Waals surface area contributed by atoms with Gasteiger partial charge in [0.15, 0.2) is 0 Å². The first kappa shape index (κ1) is 24.5. The number of hydrogen-bond acceptors (Lipinski definition) is 5. The van der Waals surface area contributed by atoms with Crippen LogP contribution in [0.1, 0.15) is 68.8 Å². The van der Waals surface area contributed by atoms with E-state index in [0.29, 0.717) is 24.2 Å². The molecule has 178 valence electrons. The van der Waals surface area contributed by atoms with E-state index >= 15 is 0 Å². The van der Waals surface area contributed by atoms with Crippen molar-refractivity contribution < 1.29 is 9.59 Å². The van der Waals surface area contributed by atoms with Gasteiger partial charge in [-0.3, -0.25) is 14.6 Å². The highest BCUT2D eigenvalue weighted by Crippen LogP contribution is 2.31. The van der Waals surface area contributed by atoms with E-state index in [1.807, 2.05) is 20.0 Å². The number of rotatable bonds is 7. The zero-order valence-corrected chi connectivity index (χ0v) is 20.6. The van der Waals surface area contributed by atoms with Crippen molar-refractivity contribution in [2.45, 2.75) is 77.9 Å². The van der Waals surface area contributed by atoms with Crippen LogP contribution in [0.3, 0.4) is 0 Å². The second-order valence-corrected chi connectivity index (χ2v) is 9.98. The molecule has 2 N–H and O–H groups in total. The van der Waals surface area contributed by atoms with E-state index in [0.717, 1.165) is 37.1 Å². The Kier molecular flexibility index (Phi) is 8.15. The largest absolute Gasteiger partial charge is 0.367 e. The van der Waals surface area contributed by atoms with Crippen LogP contribution in [0.4, 0.5) is 5.69 Å². The van der Waals surface area contributed by atoms with Crippen molar-refractivity contribution in [3.05, 3.63) is 23.5 Å². The molecule has 2 fully saturated rings.